The highest BCUT2D eigenvalue weighted by molar-refractivity contribution is 7.89. The van der Waals surface area contributed by atoms with Crippen molar-refractivity contribution in [3.63, 3.8) is 0 Å². The topological polar surface area (TPSA) is 102 Å². The number of aromatic nitrogens is 1. The molecule has 0 radical (unpaired) electrons. The number of benzene rings is 1. The Morgan fingerprint density at radius 2 is 2.00 bits per heavy atom. The highest BCUT2D eigenvalue weighted by Crippen LogP contribution is 2.45. The molecule has 1 aliphatic heterocycles. The van der Waals surface area contributed by atoms with Crippen LogP contribution in [0.3, 0.4) is 0 Å². The van der Waals surface area contributed by atoms with E-state index in [-0.39, 0.29) is 33.9 Å². The number of aryl methyl sites for hydroxylation is 1. The summed E-state index contributed by atoms with van der Waals surface area (Å²) < 4.78 is 84.7. The van der Waals surface area contributed by atoms with Gasteiger partial charge in [0, 0.05) is 12.6 Å². The van der Waals surface area contributed by atoms with Gasteiger partial charge in [-0.1, -0.05) is 24.6 Å². The second-order valence-corrected chi connectivity index (χ2v) is 11.6. The summed E-state index contributed by atoms with van der Waals surface area (Å²) in [4.78, 5) is 9.60. The Kier molecular flexibility index (Phi) is 6.17. The van der Waals surface area contributed by atoms with Crippen LogP contribution < -0.4 is 5.73 Å². The van der Waals surface area contributed by atoms with E-state index in [9.17, 15) is 26.0 Å². The fourth-order valence-corrected chi connectivity index (χ4v) is 6.80. The normalized spacial score (nSPS) is 20.2. The Morgan fingerprint density at radius 3 is 2.57 bits per heavy atom. The lowest BCUT2D eigenvalue weighted by Crippen LogP contribution is -2.50. The number of sulfonamides is 1. The Labute approximate surface area is 207 Å². The number of guanidine groups is 1. The summed E-state index contributed by atoms with van der Waals surface area (Å²) in [6.45, 7) is 3.36. The van der Waals surface area contributed by atoms with Gasteiger partial charge in [-0.15, -0.1) is 11.3 Å². The molecule has 0 saturated carbocycles. The molecule has 1 atom stereocenters. The van der Waals surface area contributed by atoms with Gasteiger partial charge in [-0.2, -0.15) is 13.2 Å². The van der Waals surface area contributed by atoms with Crippen LogP contribution in [0, 0.1) is 5.82 Å². The van der Waals surface area contributed by atoms with E-state index in [1.165, 1.54) is 13.1 Å². The number of alkyl halides is 3. The van der Waals surface area contributed by atoms with Crippen molar-refractivity contribution >= 4 is 38.9 Å². The van der Waals surface area contributed by atoms with E-state index in [4.69, 9.17) is 21.8 Å². The molecule has 0 bridgehead atoms. The van der Waals surface area contributed by atoms with Crippen LogP contribution in [-0.4, -0.2) is 36.5 Å². The van der Waals surface area contributed by atoms with E-state index in [1.807, 2.05) is 0 Å². The average molecular weight is 551 g/mol. The minimum Gasteiger partial charge on any atom is -0.435 e. The molecule has 1 aliphatic rings. The number of oxazole rings is 1. The van der Waals surface area contributed by atoms with E-state index in [2.05, 4.69) is 9.98 Å². The quantitative estimate of drug-likeness (QED) is 0.447. The van der Waals surface area contributed by atoms with Gasteiger partial charge in [-0.05, 0) is 31.5 Å². The summed E-state index contributed by atoms with van der Waals surface area (Å²) in [5.74, 6) is -1.74. The molecule has 3 aromatic rings. The zero-order valence-electron chi connectivity index (χ0n) is 18.6. The molecular formula is C21H19ClF4N4O3S2. The van der Waals surface area contributed by atoms with Crippen LogP contribution in [0.5, 0.6) is 0 Å². The number of nitrogens with two attached hydrogens (primary N) is 1. The molecule has 0 spiro atoms. The van der Waals surface area contributed by atoms with Crippen molar-refractivity contribution in [3.8, 4) is 22.1 Å². The molecule has 35 heavy (non-hydrogen) atoms. The Bertz CT molecular complexity index is 1450. The summed E-state index contributed by atoms with van der Waals surface area (Å²) in [7, 11) is -2.42. The molecule has 3 heterocycles. The SMILES string of the molecule is CCc1nc(-c2cc(Cl)c(C3(C)CS(=O)(=O)N(C)C(N)=N3)s2)oc1-c1ccc(C(F)(F)F)c(F)c1. The molecular weight excluding hydrogens is 532 g/mol. The summed E-state index contributed by atoms with van der Waals surface area (Å²) in [5.41, 5.74) is 3.68. The van der Waals surface area contributed by atoms with Crippen LogP contribution in [-0.2, 0) is 28.2 Å². The largest absolute Gasteiger partial charge is 0.435 e. The van der Waals surface area contributed by atoms with Gasteiger partial charge in [0.1, 0.15) is 11.4 Å². The number of thiophene rings is 1. The molecule has 7 nitrogen and oxygen atoms in total. The molecule has 0 fully saturated rings. The minimum atomic E-state index is -4.82. The van der Waals surface area contributed by atoms with Crippen molar-refractivity contribution in [2.24, 2.45) is 10.7 Å². The van der Waals surface area contributed by atoms with E-state index in [0.717, 1.165) is 27.8 Å². The fourth-order valence-electron chi connectivity index (χ4n) is 3.72. The van der Waals surface area contributed by atoms with Gasteiger partial charge in [-0.25, -0.2) is 27.1 Å². The Morgan fingerprint density at radius 1 is 1.31 bits per heavy atom. The van der Waals surface area contributed by atoms with Crippen molar-refractivity contribution in [2.75, 3.05) is 12.8 Å². The highest BCUT2D eigenvalue weighted by Gasteiger charge is 2.43. The first-order valence-corrected chi connectivity index (χ1v) is 13.0. The van der Waals surface area contributed by atoms with E-state index in [0.29, 0.717) is 27.9 Å². The third-order valence-corrected chi connectivity index (χ3v) is 9.26. The summed E-state index contributed by atoms with van der Waals surface area (Å²) in [6, 6.07) is 4.05. The van der Waals surface area contributed by atoms with Gasteiger partial charge in [0.25, 0.3) is 0 Å². The van der Waals surface area contributed by atoms with Crippen molar-refractivity contribution in [2.45, 2.75) is 32.0 Å². The second-order valence-electron chi connectivity index (χ2n) is 8.10. The first kappa shape index (κ1) is 25.5. The number of hydrogen-bond acceptors (Lipinski definition) is 7. The first-order chi connectivity index (χ1) is 16.2. The van der Waals surface area contributed by atoms with Crippen LogP contribution in [0.2, 0.25) is 5.02 Å². The monoisotopic (exact) mass is 550 g/mol. The van der Waals surface area contributed by atoms with E-state index >= 15 is 0 Å². The van der Waals surface area contributed by atoms with Crippen LogP contribution in [0.25, 0.3) is 22.1 Å². The molecule has 1 aromatic carbocycles. The van der Waals surface area contributed by atoms with Gasteiger partial charge in [-0.3, -0.25) is 0 Å². The summed E-state index contributed by atoms with van der Waals surface area (Å²) in [5, 5.41) is 0.224. The van der Waals surface area contributed by atoms with Crippen LogP contribution in [0.4, 0.5) is 17.6 Å². The molecule has 0 saturated heterocycles. The van der Waals surface area contributed by atoms with Crippen LogP contribution in [0.15, 0.2) is 33.7 Å². The zero-order chi connectivity index (χ0) is 25.9. The van der Waals surface area contributed by atoms with Gasteiger partial charge >= 0.3 is 6.18 Å². The number of halogens is 5. The number of hydrogen-bond donors (Lipinski definition) is 1. The highest BCUT2D eigenvalue weighted by atomic mass is 35.5. The van der Waals surface area contributed by atoms with Gasteiger partial charge in [0.15, 0.2) is 5.76 Å². The van der Waals surface area contributed by atoms with Gasteiger partial charge in [0.2, 0.25) is 21.9 Å². The molecule has 2 aromatic heterocycles. The van der Waals surface area contributed by atoms with Crippen molar-refractivity contribution < 1.29 is 30.4 Å². The maximum absolute atomic E-state index is 14.2. The summed E-state index contributed by atoms with van der Waals surface area (Å²) in [6.07, 6.45) is -4.47. The van der Waals surface area contributed by atoms with Crippen molar-refractivity contribution in [1.82, 2.24) is 9.29 Å². The molecule has 0 aliphatic carbocycles. The number of aliphatic imine (C=N–C) groups is 1. The summed E-state index contributed by atoms with van der Waals surface area (Å²) >= 11 is 7.54. The first-order valence-electron chi connectivity index (χ1n) is 10.1. The predicted molar refractivity (Wildman–Crippen MR) is 125 cm³/mol. The minimum absolute atomic E-state index is 0.0970. The lowest BCUT2D eigenvalue weighted by atomic mass is 10.0. The molecule has 0 amide bonds. The van der Waals surface area contributed by atoms with Crippen molar-refractivity contribution in [3.05, 3.63) is 51.2 Å². The number of rotatable bonds is 4. The van der Waals surface area contributed by atoms with E-state index in [1.54, 1.807) is 13.8 Å². The molecule has 188 valence electrons. The van der Waals surface area contributed by atoms with Gasteiger partial charge in [0.05, 0.1) is 31.8 Å². The molecule has 4 rings (SSSR count). The average Bonchev–Trinajstić information content (AvgIpc) is 3.34. The third-order valence-electron chi connectivity index (χ3n) is 5.52. The lowest BCUT2D eigenvalue weighted by Gasteiger charge is -2.33. The Hall–Kier alpha value is -2.64. The zero-order valence-corrected chi connectivity index (χ0v) is 21.0. The van der Waals surface area contributed by atoms with E-state index < -0.39 is 33.1 Å². The van der Waals surface area contributed by atoms with Crippen molar-refractivity contribution in [1.29, 1.82) is 0 Å². The fraction of sp³-hybridized carbons (Fsp3) is 0.333. The Balaban J connectivity index is 1.76. The maximum atomic E-state index is 14.2. The van der Waals surface area contributed by atoms with Gasteiger partial charge < -0.3 is 10.2 Å². The maximum Gasteiger partial charge on any atom is 0.419 e. The van der Waals surface area contributed by atoms with Crippen LogP contribution >= 0.6 is 22.9 Å². The number of nitrogens with zero attached hydrogens (tertiary/aromatic N) is 3. The smallest absolute Gasteiger partial charge is 0.419 e. The lowest BCUT2D eigenvalue weighted by molar-refractivity contribution is -0.139. The molecule has 14 heteroatoms. The third kappa shape index (κ3) is 4.52. The predicted octanol–water partition coefficient (Wildman–Crippen LogP) is 5.25. The van der Waals surface area contributed by atoms with Crippen LogP contribution in [0.1, 0.15) is 30.0 Å². The molecule has 2 N–H and O–H groups in total. The molecule has 1 unspecified atom stereocenters. The standard InChI is InChI=1S/C21H19ClF4N4O3S2/c1-4-14-16(10-5-6-11(13(23)7-10)21(24,25)26)33-18(28-14)15-8-12(22)17(34-15)20(2)9-35(31,32)30(3)19(27)29-20/h5-8H,4,9H2,1-3H3,(H2,27,29). The second kappa shape index (κ2) is 8.49.